The Kier molecular flexibility index (Phi) is 4.94. The normalized spacial score (nSPS) is 11.6. The van der Waals surface area contributed by atoms with Crippen LogP contribution >= 0.6 is 7.82 Å². The van der Waals surface area contributed by atoms with Gasteiger partial charge in [0, 0.05) is 13.1 Å². The third kappa shape index (κ3) is 6.38. The molecule has 15 heavy (non-hydrogen) atoms. The molecular weight excluding hydrogens is 217 g/mol. The van der Waals surface area contributed by atoms with Crippen LogP contribution in [-0.2, 0) is 15.6 Å². The zero-order valence-corrected chi connectivity index (χ0v) is 9.06. The average molecular weight is 231 g/mol. The Morgan fingerprint density at radius 1 is 1.27 bits per heavy atom. The van der Waals surface area contributed by atoms with Gasteiger partial charge in [0.05, 0.1) is 6.61 Å². The number of hydrogen-bond donors (Lipinski definition) is 3. The molecule has 1 aromatic carbocycles. The lowest BCUT2D eigenvalue weighted by molar-refractivity contribution is 0.197. The molecule has 0 unspecified atom stereocenters. The summed E-state index contributed by atoms with van der Waals surface area (Å²) in [7, 11) is -4.32. The van der Waals surface area contributed by atoms with Crippen LogP contribution in [0.4, 0.5) is 0 Å². The SMILES string of the molecule is O=P(O)(O)OCCNCc1ccccc1. The molecule has 0 spiro atoms. The summed E-state index contributed by atoms with van der Waals surface area (Å²) < 4.78 is 14.6. The van der Waals surface area contributed by atoms with Gasteiger partial charge in [-0.2, -0.15) is 0 Å². The van der Waals surface area contributed by atoms with Crippen LogP contribution in [0.25, 0.3) is 0 Å². The van der Waals surface area contributed by atoms with Crippen molar-refractivity contribution in [3.8, 4) is 0 Å². The molecular formula is C9H14NO4P. The Morgan fingerprint density at radius 2 is 1.93 bits per heavy atom. The van der Waals surface area contributed by atoms with Crippen molar-refractivity contribution in [3.05, 3.63) is 35.9 Å². The maximum absolute atomic E-state index is 10.3. The van der Waals surface area contributed by atoms with Crippen molar-refractivity contribution < 1.29 is 18.9 Å². The Hall–Kier alpha value is -0.710. The number of phosphoric ester groups is 1. The van der Waals surface area contributed by atoms with Crippen molar-refractivity contribution >= 4 is 7.82 Å². The quantitative estimate of drug-likeness (QED) is 0.500. The maximum atomic E-state index is 10.3. The van der Waals surface area contributed by atoms with E-state index in [1.807, 2.05) is 30.3 Å². The Morgan fingerprint density at radius 3 is 2.53 bits per heavy atom. The van der Waals surface area contributed by atoms with E-state index in [1.165, 1.54) is 0 Å². The first kappa shape index (κ1) is 12.4. The number of phosphoric acid groups is 1. The molecule has 1 rings (SSSR count). The summed E-state index contributed by atoms with van der Waals surface area (Å²) in [6.07, 6.45) is 0. The lowest BCUT2D eigenvalue weighted by atomic mass is 10.2. The highest BCUT2D eigenvalue weighted by Gasteiger charge is 2.12. The summed E-state index contributed by atoms with van der Waals surface area (Å²) in [6, 6.07) is 9.74. The minimum Gasteiger partial charge on any atom is -0.310 e. The van der Waals surface area contributed by atoms with E-state index in [2.05, 4.69) is 9.84 Å². The summed E-state index contributed by atoms with van der Waals surface area (Å²) in [6.45, 7) is 1.06. The predicted molar refractivity (Wildman–Crippen MR) is 56.1 cm³/mol. The van der Waals surface area contributed by atoms with Crippen LogP contribution in [0.15, 0.2) is 30.3 Å². The van der Waals surface area contributed by atoms with E-state index in [0.717, 1.165) is 5.56 Å². The molecule has 0 radical (unpaired) electrons. The van der Waals surface area contributed by atoms with Crippen LogP contribution in [0.1, 0.15) is 5.56 Å². The van der Waals surface area contributed by atoms with Crippen molar-refractivity contribution in [2.45, 2.75) is 6.54 Å². The third-order valence-corrected chi connectivity index (χ3v) is 2.23. The lowest BCUT2D eigenvalue weighted by Crippen LogP contribution is -2.18. The van der Waals surface area contributed by atoms with Crippen molar-refractivity contribution in [1.82, 2.24) is 5.32 Å². The van der Waals surface area contributed by atoms with Gasteiger partial charge in [-0.3, -0.25) is 4.52 Å². The van der Waals surface area contributed by atoms with E-state index >= 15 is 0 Å². The minimum absolute atomic E-state index is 0.00287. The molecule has 0 aliphatic rings. The van der Waals surface area contributed by atoms with E-state index in [4.69, 9.17) is 9.79 Å². The summed E-state index contributed by atoms with van der Waals surface area (Å²) in [5, 5.41) is 3.01. The van der Waals surface area contributed by atoms with Gasteiger partial charge >= 0.3 is 7.82 Å². The number of rotatable bonds is 6. The Bertz CT molecular complexity index is 324. The highest BCUT2D eigenvalue weighted by Crippen LogP contribution is 2.34. The minimum atomic E-state index is -4.32. The van der Waals surface area contributed by atoms with Crippen LogP contribution in [-0.4, -0.2) is 22.9 Å². The molecule has 0 atom stereocenters. The molecule has 0 aliphatic carbocycles. The number of hydrogen-bond acceptors (Lipinski definition) is 3. The molecule has 1 aromatic rings. The second-order valence-corrected chi connectivity index (χ2v) is 4.23. The molecule has 0 heterocycles. The van der Waals surface area contributed by atoms with Crippen molar-refractivity contribution in [2.75, 3.05) is 13.2 Å². The topological polar surface area (TPSA) is 78.8 Å². The second-order valence-electron chi connectivity index (χ2n) is 2.99. The van der Waals surface area contributed by atoms with Crippen LogP contribution < -0.4 is 5.32 Å². The van der Waals surface area contributed by atoms with Crippen LogP contribution in [0.3, 0.4) is 0 Å². The molecule has 84 valence electrons. The van der Waals surface area contributed by atoms with Gasteiger partial charge in [-0.25, -0.2) is 4.57 Å². The van der Waals surface area contributed by atoms with Crippen LogP contribution in [0.5, 0.6) is 0 Å². The smallest absolute Gasteiger partial charge is 0.310 e. The first-order valence-electron chi connectivity index (χ1n) is 4.53. The first-order chi connectivity index (χ1) is 7.08. The van der Waals surface area contributed by atoms with Gasteiger partial charge in [-0.1, -0.05) is 30.3 Å². The first-order valence-corrected chi connectivity index (χ1v) is 6.06. The van der Waals surface area contributed by atoms with Gasteiger partial charge in [0.2, 0.25) is 0 Å². The van der Waals surface area contributed by atoms with Crippen molar-refractivity contribution in [1.29, 1.82) is 0 Å². The zero-order valence-electron chi connectivity index (χ0n) is 8.17. The summed E-state index contributed by atoms with van der Waals surface area (Å²) >= 11 is 0. The van der Waals surface area contributed by atoms with E-state index in [9.17, 15) is 4.57 Å². The van der Waals surface area contributed by atoms with Gasteiger partial charge in [0.25, 0.3) is 0 Å². The molecule has 0 fully saturated rings. The van der Waals surface area contributed by atoms with Gasteiger partial charge in [0.1, 0.15) is 0 Å². The van der Waals surface area contributed by atoms with Gasteiger partial charge in [0.15, 0.2) is 0 Å². The largest absolute Gasteiger partial charge is 0.469 e. The van der Waals surface area contributed by atoms with Crippen LogP contribution in [0, 0.1) is 0 Å². The highest BCUT2D eigenvalue weighted by molar-refractivity contribution is 7.46. The van der Waals surface area contributed by atoms with Crippen molar-refractivity contribution in [2.24, 2.45) is 0 Å². The van der Waals surface area contributed by atoms with Gasteiger partial charge in [-0.05, 0) is 5.56 Å². The summed E-state index contributed by atoms with van der Waals surface area (Å²) in [4.78, 5) is 16.8. The average Bonchev–Trinajstić information content (AvgIpc) is 2.17. The zero-order chi connectivity index (χ0) is 11.1. The molecule has 0 aromatic heterocycles. The monoisotopic (exact) mass is 231 g/mol. The number of nitrogens with one attached hydrogen (secondary N) is 1. The molecule has 5 nitrogen and oxygen atoms in total. The van der Waals surface area contributed by atoms with E-state index in [-0.39, 0.29) is 6.61 Å². The molecule has 0 aliphatic heterocycles. The second kappa shape index (κ2) is 6.00. The Labute approximate surface area is 88.3 Å². The molecule has 0 saturated carbocycles. The van der Waals surface area contributed by atoms with E-state index in [1.54, 1.807) is 0 Å². The fraction of sp³-hybridized carbons (Fsp3) is 0.333. The van der Waals surface area contributed by atoms with Crippen molar-refractivity contribution in [3.63, 3.8) is 0 Å². The molecule has 3 N–H and O–H groups in total. The summed E-state index contributed by atoms with van der Waals surface area (Å²) in [5.74, 6) is 0. The van der Waals surface area contributed by atoms with E-state index < -0.39 is 7.82 Å². The predicted octanol–water partition coefficient (Wildman–Crippen LogP) is 0.885. The van der Waals surface area contributed by atoms with E-state index in [0.29, 0.717) is 13.1 Å². The fourth-order valence-corrected chi connectivity index (χ4v) is 1.39. The molecule has 0 bridgehead atoms. The van der Waals surface area contributed by atoms with Gasteiger partial charge < -0.3 is 15.1 Å². The molecule has 6 heteroatoms. The summed E-state index contributed by atoms with van der Waals surface area (Å²) in [5.41, 5.74) is 1.12. The number of benzene rings is 1. The lowest BCUT2D eigenvalue weighted by Gasteiger charge is -2.06. The highest BCUT2D eigenvalue weighted by atomic mass is 31.2. The molecule has 0 amide bonds. The van der Waals surface area contributed by atoms with Crippen LogP contribution in [0.2, 0.25) is 0 Å². The van der Waals surface area contributed by atoms with Gasteiger partial charge in [-0.15, -0.1) is 0 Å². The molecule has 0 saturated heterocycles. The Balaban J connectivity index is 2.10. The third-order valence-electron chi connectivity index (χ3n) is 1.71. The fourth-order valence-electron chi connectivity index (χ4n) is 1.07. The maximum Gasteiger partial charge on any atom is 0.469 e. The standard InChI is InChI=1S/C9H14NO4P/c11-15(12,13)14-7-6-10-8-9-4-2-1-3-5-9/h1-5,10H,6-8H2,(H2,11,12,13).